The zero-order chi connectivity index (χ0) is 13.1. The van der Waals surface area contributed by atoms with E-state index in [1.165, 1.54) is 11.3 Å². The van der Waals surface area contributed by atoms with E-state index in [9.17, 15) is 9.90 Å². The van der Waals surface area contributed by atoms with Gasteiger partial charge >= 0.3 is 0 Å². The molecule has 0 aromatic carbocycles. The van der Waals surface area contributed by atoms with E-state index in [1.54, 1.807) is 13.8 Å². The van der Waals surface area contributed by atoms with Crippen LogP contribution in [0, 0.1) is 13.8 Å². The summed E-state index contributed by atoms with van der Waals surface area (Å²) in [6, 6.07) is 1.84. The van der Waals surface area contributed by atoms with Crippen molar-refractivity contribution < 1.29 is 9.90 Å². The normalized spacial score (nSPS) is 12.4. The minimum absolute atomic E-state index is 0.194. The first-order valence-corrected chi connectivity index (χ1v) is 6.53. The molecule has 6 heteroatoms. The van der Waals surface area contributed by atoms with Gasteiger partial charge in [-0.2, -0.15) is 16.4 Å². The first kappa shape index (κ1) is 12.8. The first-order valence-electron chi connectivity index (χ1n) is 5.59. The van der Waals surface area contributed by atoms with Crippen molar-refractivity contribution in [3.8, 4) is 0 Å². The third kappa shape index (κ3) is 2.60. The van der Waals surface area contributed by atoms with Gasteiger partial charge in [-0.15, -0.1) is 0 Å². The topological polar surface area (TPSA) is 78.0 Å². The van der Waals surface area contributed by atoms with Crippen molar-refractivity contribution in [2.45, 2.75) is 20.0 Å². The van der Waals surface area contributed by atoms with Crippen molar-refractivity contribution in [1.29, 1.82) is 0 Å². The summed E-state index contributed by atoms with van der Waals surface area (Å²) in [5.74, 6) is -0.215. The Kier molecular flexibility index (Phi) is 3.78. The smallest absolute Gasteiger partial charge is 0.255 e. The number of thiophene rings is 1. The standard InChI is InChI=1S/C12H15N3O2S/c1-7-11(8(2)15-14-7)12(17)13-5-10(16)9-3-4-18-6-9/h3-4,6,10,16H,5H2,1-2H3,(H,13,17)(H,14,15). The lowest BCUT2D eigenvalue weighted by Gasteiger charge is -2.10. The Hall–Kier alpha value is -1.66. The highest BCUT2D eigenvalue weighted by Gasteiger charge is 2.16. The van der Waals surface area contributed by atoms with Crippen LogP contribution < -0.4 is 5.32 Å². The quantitative estimate of drug-likeness (QED) is 0.785. The van der Waals surface area contributed by atoms with Crippen LogP contribution in [0.15, 0.2) is 16.8 Å². The van der Waals surface area contributed by atoms with Gasteiger partial charge in [0.2, 0.25) is 0 Å². The van der Waals surface area contributed by atoms with Gasteiger partial charge in [-0.3, -0.25) is 9.89 Å². The highest BCUT2D eigenvalue weighted by Crippen LogP contribution is 2.15. The number of aromatic amines is 1. The van der Waals surface area contributed by atoms with Crippen LogP contribution >= 0.6 is 11.3 Å². The molecule has 0 aliphatic heterocycles. The SMILES string of the molecule is Cc1n[nH]c(C)c1C(=O)NCC(O)c1ccsc1. The van der Waals surface area contributed by atoms with Crippen LogP contribution in [0.4, 0.5) is 0 Å². The van der Waals surface area contributed by atoms with Crippen molar-refractivity contribution in [2.75, 3.05) is 6.54 Å². The van der Waals surface area contributed by atoms with Gasteiger partial charge in [0, 0.05) is 12.2 Å². The highest BCUT2D eigenvalue weighted by atomic mass is 32.1. The molecule has 0 fully saturated rings. The average Bonchev–Trinajstić information content (AvgIpc) is 2.96. The Balaban J connectivity index is 1.97. The fraction of sp³-hybridized carbons (Fsp3) is 0.333. The molecular weight excluding hydrogens is 250 g/mol. The van der Waals surface area contributed by atoms with Crippen molar-refractivity contribution in [3.63, 3.8) is 0 Å². The Morgan fingerprint density at radius 1 is 1.61 bits per heavy atom. The van der Waals surface area contributed by atoms with Gasteiger partial charge in [-0.1, -0.05) is 0 Å². The number of hydrogen-bond donors (Lipinski definition) is 3. The molecule has 2 aromatic heterocycles. The minimum Gasteiger partial charge on any atom is -0.387 e. The molecule has 5 nitrogen and oxygen atoms in total. The maximum atomic E-state index is 11.9. The Morgan fingerprint density at radius 3 is 2.94 bits per heavy atom. The summed E-state index contributed by atoms with van der Waals surface area (Å²) in [6.07, 6.45) is -0.673. The lowest BCUT2D eigenvalue weighted by molar-refractivity contribution is 0.0915. The van der Waals surface area contributed by atoms with Crippen LogP contribution in [0.5, 0.6) is 0 Å². The number of amides is 1. The molecule has 2 heterocycles. The van der Waals surface area contributed by atoms with Crippen LogP contribution in [-0.2, 0) is 0 Å². The second-order valence-electron chi connectivity index (χ2n) is 4.09. The zero-order valence-corrected chi connectivity index (χ0v) is 11.0. The second kappa shape index (κ2) is 5.32. The summed E-state index contributed by atoms with van der Waals surface area (Å²) in [6.45, 7) is 3.76. The molecule has 0 saturated heterocycles. The first-order chi connectivity index (χ1) is 8.59. The molecule has 1 unspecified atom stereocenters. The molecule has 0 aliphatic rings. The fourth-order valence-electron chi connectivity index (χ4n) is 1.75. The summed E-state index contributed by atoms with van der Waals surface area (Å²) in [5.41, 5.74) is 2.76. The molecule has 96 valence electrons. The van der Waals surface area contributed by atoms with Gasteiger partial charge in [0.1, 0.15) is 0 Å². The molecule has 18 heavy (non-hydrogen) atoms. The fourth-order valence-corrected chi connectivity index (χ4v) is 2.45. The summed E-state index contributed by atoms with van der Waals surface area (Å²) in [7, 11) is 0. The number of nitrogens with zero attached hydrogens (tertiary/aromatic N) is 1. The zero-order valence-electron chi connectivity index (χ0n) is 10.2. The van der Waals surface area contributed by atoms with Gasteiger partial charge in [0.15, 0.2) is 0 Å². The van der Waals surface area contributed by atoms with E-state index in [0.717, 1.165) is 11.3 Å². The largest absolute Gasteiger partial charge is 0.387 e. The molecule has 2 rings (SSSR count). The van der Waals surface area contributed by atoms with Gasteiger partial charge in [0.05, 0.1) is 17.4 Å². The van der Waals surface area contributed by atoms with Crippen molar-refractivity contribution in [1.82, 2.24) is 15.5 Å². The summed E-state index contributed by atoms with van der Waals surface area (Å²) >= 11 is 1.52. The number of carbonyl (C=O) groups excluding carboxylic acids is 1. The summed E-state index contributed by atoms with van der Waals surface area (Å²) in [5, 5.41) is 23.1. The van der Waals surface area contributed by atoms with Crippen LogP contribution in [0.25, 0.3) is 0 Å². The van der Waals surface area contributed by atoms with Crippen molar-refractivity contribution in [3.05, 3.63) is 39.3 Å². The molecule has 0 radical (unpaired) electrons. The molecule has 0 spiro atoms. The third-order valence-corrected chi connectivity index (χ3v) is 3.44. The molecule has 0 bridgehead atoms. The van der Waals surface area contributed by atoms with Gasteiger partial charge in [-0.05, 0) is 36.2 Å². The number of rotatable bonds is 4. The van der Waals surface area contributed by atoms with E-state index in [0.29, 0.717) is 11.3 Å². The van der Waals surface area contributed by atoms with Crippen molar-refractivity contribution in [2.24, 2.45) is 0 Å². The molecule has 2 aromatic rings. The Bertz CT molecular complexity index is 514. The van der Waals surface area contributed by atoms with Crippen LogP contribution in [0.1, 0.15) is 33.4 Å². The van der Waals surface area contributed by atoms with E-state index < -0.39 is 6.10 Å². The lowest BCUT2D eigenvalue weighted by atomic mass is 10.1. The van der Waals surface area contributed by atoms with E-state index in [2.05, 4.69) is 15.5 Å². The van der Waals surface area contributed by atoms with Gasteiger partial charge < -0.3 is 10.4 Å². The number of hydrogen-bond acceptors (Lipinski definition) is 4. The summed E-state index contributed by atoms with van der Waals surface area (Å²) < 4.78 is 0. The number of H-pyrrole nitrogens is 1. The molecule has 1 atom stereocenters. The molecule has 0 saturated carbocycles. The number of aliphatic hydroxyl groups excluding tert-OH is 1. The maximum Gasteiger partial charge on any atom is 0.255 e. The van der Waals surface area contributed by atoms with Crippen molar-refractivity contribution >= 4 is 17.2 Å². The van der Waals surface area contributed by atoms with E-state index in [4.69, 9.17) is 0 Å². The highest BCUT2D eigenvalue weighted by molar-refractivity contribution is 7.07. The minimum atomic E-state index is -0.673. The molecule has 1 amide bonds. The predicted octanol–water partition coefficient (Wildman–Crippen LogP) is 1.55. The third-order valence-electron chi connectivity index (χ3n) is 2.74. The monoisotopic (exact) mass is 265 g/mol. The van der Waals surface area contributed by atoms with Crippen LogP contribution in [0.3, 0.4) is 0 Å². The number of aromatic nitrogens is 2. The Morgan fingerprint density at radius 2 is 2.39 bits per heavy atom. The van der Waals surface area contributed by atoms with Crippen LogP contribution in [-0.4, -0.2) is 27.8 Å². The maximum absolute atomic E-state index is 11.9. The molecular formula is C12H15N3O2S. The number of carbonyl (C=O) groups is 1. The number of aliphatic hydroxyl groups is 1. The van der Waals surface area contributed by atoms with E-state index in [1.807, 2.05) is 16.8 Å². The van der Waals surface area contributed by atoms with Crippen LogP contribution in [0.2, 0.25) is 0 Å². The summed E-state index contributed by atoms with van der Waals surface area (Å²) in [4.78, 5) is 11.9. The van der Waals surface area contributed by atoms with Gasteiger partial charge in [-0.25, -0.2) is 0 Å². The van der Waals surface area contributed by atoms with E-state index in [-0.39, 0.29) is 12.5 Å². The van der Waals surface area contributed by atoms with E-state index >= 15 is 0 Å². The lowest BCUT2D eigenvalue weighted by Crippen LogP contribution is -2.29. The van der Waals surface area contributed by atoms with Gasteiger partial charge in [0.25, 0.3) is 5.91 Å². The molecule has 3 N–H and O–H groups in total. The number of aryl methyl sites for hydroxylation is 2. The second-order valence-corrected chi connectivity index (χ2v) is 4.87. The number of nitrogens with one attached hydrogen (secondary N) is 2. The molecule has 0 aliphatic carbocycles. The average molecular weight is 265 g/mol. The predicted molar refractivity (Wildman–Crippen MR) is 69.7 cm³/mol. The Labute approximate surface area is 109 Å².